The summed E-state index contributed by atoms with van der Waals surface area (Å²) in [6, 6.07) is 6.68. The van der Waals surface area contributed by atoms with E-state index in [9.17, 15) is 14.9 Å². The number of nitrogens with one attached hydrogen (secondary N) is 1. The van der Waals surface area contributed by atoms with Crippen molar-refractivity contribution in [2.24, 2.45) is 0 Å². The number of amides is 1. The highest BCUT2D eigenvalue weighted by Gasteiger charge is 2.20. The molecule has 1 saturated heterocycles. The average molecular weight is 277 g/mol. The van der Waals surface area contributed by atoms with E-state index in [2.05, 4.69) is 5.32 Å². The lowest BCUT2D eigenvalue weighted by molar-refractivity contribution is -0.384. The first-order valence-electron chi connectivity index (χ1n) is 6.77. The highest BCUT2D eigenvalue weighted by molar-refractivity contribution is 5.76. The highest BCUT2D eigenvalue weighted by Crippen LogP contribution is 2.15. The van der Waals surface area contributed by atoms with Crippen molar-refractivity contribution in [2.45, 2.75) is 31.8 Å². The molecule has 1 atom stereocenters. The maximum atomic E-state index is 12.1. The number of carbonyl (C=O) groups excluding carboxylic acids is 1. The molecule has 108 valence electrons. The molecular formula is C14H19N3O3. The van der Waals surface area contributed by atoms with Gasteiger partial charge in [0.2, 0.25) is 5.91 Å². The van der Waals surface area contributed by atoms with Crippen molar-refractivity contribution in [3.63, 3.8) is 0 Å². The topological polar surface area (TPSA) is 75.5 Å². The normalized spacial score (nSPS) is 17.9. The number of carbonyl (C=O) groups is 1. The van der Waals surface area contributed by atoms with Gasteiger partial charge in [-0.3, -0.25) is 14.9 Å². The van der Waals surface area contributed by atoms with E-state index in [0.717, 1.165) is 24.9 Å². The summed E-state index contributed by atoms with van der Waals surface area (Å²) in [5.41, 5.74) is 0.829. The van der Waals surface area contributed by atoms with Crippen molar-refractivity contribution in [2.75, 3.05) is 13.6 Å². The number of hydrogen-bond donors (Lipinski definition) is 1. The first-order valence-corrected chi connectivity index (χ1v) is 6.77. The van der Waals surface area contributed by atoms with Crippen LogP contribution in [0.4, 0.5) is 5.69 Å². The van der Waals surface area contributed by atoms with Crippen molar-refractivity contribution in [3.05, 3.63) is 39.9 Å². The van der Waals surface area contributed by atoms with Crippen LogP contribution in [-0.2, 0) is 11.3 Å². The standard InChI is InChI=1S/C14H19N3O3/c1-16(14(18)9-12-5-3-7-15-12)10-11-4-2-6-13(8-11)17(19)20/h2,4,6,8,12,15H,3,5,7,9-10H2,1H3. The number of nitro groups is 1. The summed E-state index contributed by atoms with van der Waals surface area (Å²) in [4.78, 5) is 24.0. The lowest BCUT2D eigenvalue weighted by Gasteiger charge is -2.19. The molecule has 6 heteroatoms. The second-order valence-corrected chi connectivity index (χ2v) is 5.17. The van der Waals surface area contributed by atoms with Crippen LogP contribution in [0.25, 0.3) is 0 Å². The minimum atomic E-state index is -0.423. The molecule has 0 bridgehead atoms. The molecule has 1 fully saturated rings. The maximum absolute atomic E-state index is 12.1. The minimum Gasteiger partial charge on any atom is -0.341 e. The van der Waals surface area contributed by atoms with Crippen LogP contribution in [0.15, 0.2) is 24.3 Å². The molecular weight excluding hydrogens is 258 g/mol. The smallest absolute Gasteiger partial charge is 0.269 e. The molecule has 1 amide bonds. The molecule has 0 spiro atoms. The molecule has 2 rings (SSSR count). The zero-order valence-corrected chi connectivity index (χ0v) is 11.5. The first kappa shape index (κ1) is 14.5. The van der Waals surface area contributed by atoms with Crippen LogP contribution in [0.1, 0.15) is 24.8 Å². The maximum Gasteiger partial charge on any atom is 0.269 e. The van der Waals surface area contributed by atoms with E-state index >= 15 is 0 Å². The zero-order chi connectivity index (χ0) is 14.5. The van der Waals surface area contributed by atoms with Gasteiger partial charge in [0.15, 0.2) is 0 Å². The van der Waals surface area contributed by atoms with Gasteiger partial charge in [0.05, 0.1) is 4.92 Å². The quantitative estimate of drug-likeness (QED) is 0.656. The third-order valence-corrected chi connectivity index (χ3v) is 3.55. The van der Waals surface area contributed by atoms with E-state index in [1.165, 1.54) is 12.1 Å². The number of non-ortho nitro benzene ring substituents is 1. The summed E-state index contributed by atoms with van der Waals surface area (Å²) in [7, 11) is 1.73. The molecule has 0 saturated carbocycles. The van der Waals surface area contributed by atoms with Gasteiger partial charge >= 0.3 is 0 Å². The predicted molar refractivity (Wildman–Crippen MR) is 75.2 cm³/mol. The summed E-state index contributed by atoms with van der Waals surface area (Å²) >= 11 is 0. The highest BCUT2D eigenvalue weighted by atomic mass is 16.6. The zero-order valence-electron chi connectivity index (χ0n) is 11.5. The van der Waals surface area contributed by atoms with E-state index in [0.29, 0.717) is 13.0 Å². The fraction of sp³-hybridized carbons (Fsp3) is 0.500. The fourth-order valence-electron chi connectivity index (χ4n) is 2.43. The SMILES string of the molecule is CN(Cc1cccc([N+](=O)[O-])c1)C(=O)CC1CCCN1. The van der Waals surface area contributed by atoms with Crippen molar-refractivity contribution >= 4 is 11.6 Å². The van der Waals surface area contributed by atoms with Crippen molar-refractivity contribution in [3.8, 4) is 0 Å². The van der Waals surface area contributed by atoms with Gasteiger partial charge in [-0.05, 0) is 24.9 Å². The third kappa shape index (κ3) is 3.77. The molecule has 1 N–H and O–H groups in total. The van der Waals surface area contributed by atoms with Crippen LogP contribution < -0.4 is 5.32 Å². The summed E-state index contributed by atoms with van der Waals surface area (Å²) < 4.78 is 0. The van der Waals surface area contributed by atoms with E-state index in [1.807, 2.05) is 0 Å². The van der Waals surface area contributed by atoms with Crippen LogP contribution in [0.3, 0.4) is 0 Å². The molecule has 6 nitrogen and oxygen atoms in total. The number of rotatable bonds is 5. The molecule has 1 aliphatic rings. The third-order valence-electron chi connectivity index (χ3n) is 3.55. The van der Waals surface area contributed by atoms with Gasteiger partial charge in [-0.15, -0.1) is 0 Å². The Hall–Kier alpha value is -1.95. The number of nitro benzene ring substituents is 1. The lowest BCUT2D eigenvalue weighted by atomic mass is 10.1. The Morgan fingerprint density at radius 2 is 2.35 bits per heavy atom. The Labute approximate surface area is 117 Å². The summed E-state index contributed by atoms with van der Waals surface area (Å²) in [5.74, 6) is 0.0657. The Morgan fingerprint density at radius 1 is 1.55 bits per heavy atom. The number of benzene rings is 1. The van der Waals surface area contributed by atoms with Crippen LogP contribution in [0.5, 0.6) is 0 Å². The molecule has 0 aliphatic carbocycles. The molecule has 0 radical (unpaired) electrons. The van der Waals surface area contributed by atoms with Gasteiger partial charge in [0, 0.05) is 38.2 Å². The fourth-order valence-corrected chi connectivity index (χ4v) is 2.43. The number of nitrogens with zero attached hydrogens (tertiary/aromatic N) is 2. The summed E-state index contributed by atoms with van der Waals surface area (Å²) in [6.07, 6.45) is 2.65. The second kappa shape index (κ2) is 6.47. The van der Waals surface area contributed by atoms with E-state index in [-0.39, 0.29) is 17.6 Å². The molecule has 1 aromatic rings. The molecule has 1 aromatic carbocycles. The summed E-state index contributed by atoms with van der Waals surface area (Å²) in [6.45, 7) is 1.37. The van der Waals surface area contributed by atoms with Gasteiger partial charge in [0.1, 0.15) is 0 Å². The molecule has 20 heavy (non-hydrogen) atoms. The van der Waals surface area contributed by atoms with Crippen molar-refractivity contribution in [1.82, 2.24) is 10.2 Å². The van der Waals surface area contributed by atoms with Crippen molar-refractivity contribution in [1.29, 1.82) is 0 Å². The first-order chi connectivity index (χ1) is 9.56. The second-order valence-electron chi connectivity index (χ2n) is 5.17. The monoisotopic (exact) mass is 277 g/mol. The predicted octanol–water partition coefficient (Wildman–Crippen LogP) is 1.70. The average Bonchev–Trinajstić information content (AvgIpc) is 2.91. The van der Waals surface area contributed by atoms with Gasteiger partial charge in [0.25, 0.3) is 5.69 Å². The molecule has 1 unspecified atom stereocenters. The van der Waals surface area contributed by atoms with E-state index in [1.54, 1.807) is 24.1 Å². The Bertz CT molecular complexity index is 498. The summed E-state index contributed by atoms with van der Waals surface area (Å²) in [5, 5.41) is 14.0. The Balaban J connectivity index is 1.92. The number of hydrogen-bond acceptors (Lipinski definition) is 4. The van der Waals surface area contributed by atoms with Crippen LogP contribution >= 0.6 is 0 Å². The van der Waals surface area contributed by atoms with Gasteiger partial charge in [-0.2, -0.15) is 0 Å². The largest absolute Gasteiger partial charge is 0.341 e. The molecule has 1 aliphatic heterocycles. The Kier molecular flexibility index (Phi) is 4.68. The van der Waals surface area contributed by atoms with Crippen molar-refractivity contribution < 1.29 is 9.72 Å². The van der Waals surface area contributed by atoms with Crippen LogP contribution in [0.2, 0.25) is 0 Å². The van der Waals surface area contributed by atoms with E-state index in [4.69, 9.17) is 0 Å². The minimum absolute atomic E-state index is 0.0563. The van der Waals surface area contributed by atoms with Crippen LogP contribution in [-0.4, -0.2) is 35.4 Å². The van der Waals surface area contributed by atoms with Gasteiger partial charge < -0.3 is 10.2 Å². The van der Waals surface area contributed by atoms with Crippen LogP contribution in [0, 0.1) is 10.1 Å². The lowest BCUT2D eigenvalue weighted by Crippen LogP contribution is -2.33. The van der Waals surface area contributed by atoms with Gasteiger partial charge in [-0.25, -0.2) is 0 Å². The Morgan fingerprint density at radius 3 is 3.00 bits per heavy atom. The molecule has 1 heterocycles. The van der Waals surface area contributed by atoms with E-state index < -0.39 is 4.92 Å². The molecule has 0 aromatic heterocycles. The van der Waals surface area contributed by atoms with Gasteiger partial charge in [-0.1, -0.05) is 12.1 Å².